The molecule has 0 amide bonds. The molecule has 0 fully saturated rings. The fraction of sp³-hybridized carbons (Fsp3) is 0.290. The highest BCUT2D eigenvalue weighted by atomic mass is 79.9. The SMILES string of the molecule is CC(C)CC1(CC(C)C)c2cc(C(=O)c3ccccc3Br)sc2-c2sc(C(=O)c3ccccc3Br)cc21. The van der Waals surface area contributed by atoms with Crippen molar-refractivity contribution in [2.45, 2.75) is 46.0 Å². The number of carbonyl (C=O) groups excluding carboxylic acids is 2. The lowest BCUT2D eigenvalue weighted by Crippen LogP contribution is -2.29. The maximum absolute atomic E-state index is 13.6. The summed E-state index contributed by atoms with van der Waals surface area (Å²) in [4.78, 5) is 31.0. The van der Waals surface area contributed by atoms with Crippen molar-refractivity contribution in [3.05, 3.63) is 102 Å². The van der Waals surface area contributed by atoms with Crippen LogP contribution in [-0.2, 0) is 5.41 Å². The number of halogens is 2. The molecule has 0 unspecified atom stereocenters. The number of hydrogen-bond acceptors (Lipinski definition) is 4. The number of rotatable bonds is 8. The van der Waals surface area contributed by atoms with Gasteiger partial charge in [0.15, 0.2) is 0 Å². The molecule has 0 saturated carbocycles. The molecule has 0 radical (unpaired) electrons. The van der Waals surface area contributed by atoms with Gasteiger partial charge in [0, 0.05) is 35.2 Å². The lowest BCUT2D eigenvalue weighted by Gasteiger charge is -2.34. The van der Waals surface area contributed by atoms with Gasteiger partial charge in [0.2, 0.25) is 11.6 Å². The second-order valence-electron chi connectivity index (χ2n) is 10.6. The summed E-state index contributed by atoms with van der Waals surface area (Å²) in [7, 11) is 0. The van der Waals surface area contributed by atoms with E-state index in [0.717, 1.165) is 41.3 Å². The lowest BCUT2D eigenvalue weighted by molar-refractivity contribution is 0.103. The summed E-state index contributed by atoms with van der Waals surface area (Å²) in [6, 6.07) is 19.5. The average molecular weight is 657 g/mol. The van der Waals surface area contributed by atoms with Crippen LogP contribution in [0.25, 0.3) is 9.75 Å². The van der Waals surface area contributed by atoms with Crippen molar-refractivity contribution in [1.29, 1.82) is 0 Å². The highest BCUT2D eigenvalue weighted by molar-refractivity contribution is 9.10. The van der Waals surface area contributed by atoms with Crippen LogP contribution in [0, 0.1) is 11.8 Å². The molecule has 6 heteroatoms. The summed E-state index contributed by atoms with van der Waals surface area (Å²) in [6.45, 7) is 9.05. The minimum Gasteiger partial charge on any atom is -0.288 e. The van der Waals surface area contributed by atoms with E-state index in [-0.39, 0.29) is 17.0 Å². The number of ketones is 2. The van der Waals surface area contributed by atoms with Gasteiger partial charge in [0.05, 0.1) is 9.75 Å². The fourth-order valence-corrected chi connectivity index (χ4v) is 9.18. The number of fused-ring (bicyclic) bond motifs is 3. The van der Waals surface area contributed by atoms with E-state index >= 15 is 0 Å². The fourth-order valence-electron chi connectivity index (χ4n) is 5.67. The zero-order valence-corrected chi connectivity index (χ0v) is 26.0. The van der Waals surface area contributed by atoms with Gasteiger partial charge in [-0.05, 0) is 72.2 Å². The molecule has 4 aromatic rings. The average Bonchev–Trinajstić information content (AvgIpc) is 3.52. The third kappa shape index (κ3) is 4.75. The molecule has 0 aliphatic heterocycles. The van der Waals surface area contributed by atoms with Crippen LogP contribution in [0.1, 0.15) is 82.1 Å². The summed E-state index contributed by atoms with van der Waals surface area (Å²) in [5.74, 6) is 0.999. The zero-order chi connectivity index (χ0) is 26.5. The first kappa shape index (κ1) is 26.7. The first-order valence-corrected chi connectivity index (χ1v) is 15.7. The molecule has 0 bridgehead atoms. The summed E-state index contributed by atoms with van der Waals surface area (Å²) in [5.41, 5.74) is 3.67. The molecule has 2 nitrogen and oxygen atoms in total. The third-order valence-electron chi connectivity index (χ3n) is 6.90. The van der Waals surface area contributed by atoms with E-state index in [2.05, 4.69) is 71.7 Å². The normalized spacial score (nSPS) is 13.7. The van der Waals surface area contributed by atoms with Crippen molar-refractivity contribution in [3.8, 4) is 9.75 Å². The Balaban J connectivity index is 1.69. The molecule has 1 aliphatic carbocycles. The largest absolute Gasteiger partial charge is 0.288 e. The van der Waals surface area contributed by atoms with Gasteiger partial charge in [-0.3, -0.25) is 9.59 Å². The molecule has 2 heterocycles. The van der Waals surface area contributed by atoms with Crippen LogP contribution in [0.4, 0.5) is 0 Å². The molecule has 2 aromatic heterocycles. The van der Waals surface area contributed by atoms with Gasteiger partial charge in [0.25, 0.3) is 0 Å². The molecule has 2 aromatic carbocycles. The van der Waals surface area contributed by atoms with Crippen LogP contribution in [0.5, 0.6) is 0 Å². The van der Waals surface area contributed by atoms with Crippen LogP contribution in [0.2, 0.25) is 0 Å². The molecular formula is C31H28Br2O2S2. The summed E-state index contributed by atoms with van der Waals surface area (Å²) >= 11 is 10.3. The Bertz CT molecular complexity index is 1400. The standard InChI is InChI=1S/C31H28Br2O2S2/c1-17(2)15-31(16-18(3)4)21-13-25(27(34)19-9-5-7-11-23(19)32)36-29(21)30-22(31)14-26(37-30)28(35)20-10-6-8-12-24(20)33/h5-14,17-18H,15-16H2,1-4H3. The van der Waals surface area contributed by atoms with Gasteiger partial charge < -0.3 is 0 Å². The Morgan fingerprint density at radius 1 is 0.703 bits per heavy atom. The van der Waals surface area contributed by atoms with Gasteiger partial charge in [0.1, 0.15) is 0 Å². The second-order valence-corrected chi connectivity index (χ2v) is 14.4. The zero-order valence-electron chi connectivity index (χ0n) is 21.2. The first-order chi connectivity index (χ1) is 17.6. The number of carbonyl (C=O) groups is 2. The molecular weight excluding hydrogens is 628 g/mol. The predicted molar refractivity (Wildman–Crippen MR) is 162 cm³/mol. The highest BCUT2D eigenvalue weighted by Crippen LogP contribution is 2.60. The van der Waals surface area contributed by atoms with Crippen molar-refractivity contribution >= 4 is 66.1 Å². The Hall–Kier alpha value is -1.86. The highest BCUT2D eigenvalue weighted by Gasteiger charge is 2.47. The van der Waals surface area contributed by atoms with Gasteiger partial charge in [-0.2, -0.15) is 0 Å². The topological polar surface area (TPSA) is 34.1 Å². The molecule has 37 heavy (non-hydrogen) atoms. The quantitative estimate of drug-likeness (QED) is 0.177. The smallest absolute Gasteiger partial charge is 0.204 e. The molecule has 0 atom stereocenters. The van der Waals surface area contributed by atoms with E-state index in [1.165, 1.54) is 11.1 Å². The minimum absolute atomic E-state index is 0.0393. The summed E-state index contributed by atoms with van der Waals surface area (Å²) in [5, 5.41) is 0. The van der Waals surface area contributed by atoms with E-state index in [1.807, 2.05) is 48.5 Å². The van der Waals surface area contributed by atoms with E-state index < -0.39 is 0 Å². The number of benzene rings is 2. The molecule has 0 saturated heterocycles. The molecule has 5 rings (SSSR count). The lowest BCUT2D eigenvalue weighted by atomic mass is 9.68. The van der Waals surface area contributed by atoms with Crippen molar-refractivity contribution in [1.82, 2.24) is 0 Å². The summed E-state index contributed by atoms with van der Waals surface area (Å²) < 4.78 is 1.62. The van der Waals surface area contributed by atoms with Crippen LogP contribution in [-0.4, -0.2) is 11.6 Å². The Kier molecular flexibility index (Phi) is 7.49. The van der Waals surface area contributed by atoms with Crippen molar-refractivity contribution in [3.63, 3.8) is 0 Å². The molecule has 190 valence electrons. The first-order valence-electron chi connectivity index (χ1n) is 12.5. The Labute approximate surface area is 243 Å². The van der Waals surface area contributed by atoms with Gasteiger partial charge in [-0.25, -0.2) is 0 Å². The second kappa shape index (κ2) is 10.4. The van der Waals surface area contributed by atoms with Crippen LogP contribution in [0.3, 0.4) is 0 Å². The molecule has 1 aliphatic rings. The predicted octanol–water partition coefficient (Wildman–Crippen LogP) is 10.2. The van der Waals surface area contributed by atoms with E-state index in [9.17, 15) is 9.59 Å². The van der Waals surface area contributed by atoms with Gasteiger partial charge in [-0.15, -0.1) is 22.7 Å². The summed E-state index contributed by atoms with van der Waals surface area (Å²) in [6.07, 6.45) is 1.95. The number of hydrogen-bond donors (Lipinski definition) is 0. The van der Waals surface area contributed by atoms with Crippen molar-refractivity contribution < 1.29 is 9.59 Å². The number of thiophene rings is 2. The maximum Gasteiger partial charge on any atom is 0.204 e. The molecule has 0 spiro atoms. The van der Waals surface area contributed by atoms with E-state index in [0.29, 0.717) is 23.0 Å². The van der Waals surface area contributed by atoms with Crippen molar-refractivity contribution in [2.75, 3.05) is 0 Å². The third-order valence-corrected chi connectivity index (χ3v) is 10.7. The van der Waals surface area contributed by atoms with Gasteiger partial charge in [-0.1, -0.05) is 83.8 Å². The Morgan fingerprint density at radius 2 is 1.08 bits per heavy atom. The minimum atomic E-state index is -0.209. The van der Waals surface area contributed by atoms with E-state index in [1.54, 1.807) is 22.7 Å². The van der Waals surface area contributed by atoms with Crippen LogP contribution in [0.15, 0.2) is 69.6 Å². The molecule has 0 N–H and O–H groups in total. The van der Waals surface area contributed by atoms with Crippen LogP contribution >= 0.6 is 54.5 Å². The van der Waals surface area contributed by atoms with Gasteiger partial charge >= 0.3 is 0 Å². The van der Waals surface area contributed by atoms with Crippen LogP contribution < -0.4 is 0 Å². The van der Waals surface area contributed by atoms with E-state index in [4.69, 9.17) is 0 Å². The Morgan fingerprint density at radius 3 is 1.43 bits per heavy atom. The monoisotopic (exact) mass is 654 g/mol. The maximum atomic E-state index is 13.6. The van der Waals surface area contributed by atoms with Crippen molar-refractivity contribution in [2.24, 2.45) is 11.8 Å².